The summed E-state index contributed by atoms with van der Waals surface area (Å²) in [4.78, 5) is 4.19. The van der Waals surface area contributed by atoms with Crippen LogP contribution in [0.5, 0.6) is 0 Å². The molecule has 120 valence electrons. The maximum atomic E-state index is 4.19. The molecule has 1 aromatic heterocycles. The van der Waals surface area contributed by atoms with Gasteiger partial charge in [0.15, 0.2) is 11.8 Å². The van der Waals surface area contributed by atoms with Gasteiger partial charge >= 0.3 is 0 Å². The monoisotopic (exact) mass is 432 g/mol. The summed E-state index contributed by atoms with van der Waals surface area (Å²) in [5.74, 6) is 2.65. The molecule has 8 heteroatoms. The molecular formula is C14H21IN6S. The van der Waals surface area contributed by atoms with Gasteiger partial charge in [-0.3, -0.25) is 9.56 Å². The molecule has 22 heavy (non-hydrogen) atoms. The Balaban J connectivity index is 0.00000242. The van der Waals surface area contributed by atoms with E-state index in [0.717, 1.165) is 29.8 Å². The fourth-order valence-corrected chi connectivity index (χ4v) is 2.14. The number of benzene rings is 1. The normalized spacial score (nSPS) is 10.9. The van der Waals surface area contributed by atoms with Crippen molar-refractivity contribution in [3.05, 3.63) is 42.5 Å². The Hall–Kier alpha value is -1.29. The number of para-hydroxylation sites is 1. The average molecular weight is 432 g/mol. The van der Waals surface area contributed by atoms with Gasteiger partial charge in [0.25, 0.3) is 0 Å². The Bertz CT molecular complexity index is 572. The van der Waals surface area contributed by atoms with Crippen molar-refractivity contribution in [1.29, 1.82) is 0 Å². The van der Waals surface area contributed by atoms with Gasteiger partial charge in [-0.2, -0.15) is 11.8 Å². The summed E-state index contributed by atoms with van der Waals surface area (Å²) in [6.07, 6.45) is 3.80. The van der Waals surface area contributed by atoms with Crippen LogP contribution in [-0.4, -0.2) is 46.3 Å². The van der Waals surface area contributed by atoms with Crippen molar-refractivity contribution in [1.82, 2.24) is 25.4 Å². The highest BCUT2D eigenvalue weighted by Gasteiger charge is 2.06. The molecule has 0 fully saturated rings. The number of hydrogen-bond acceptors (Lipinski definition) is 4. The highest BCUT2D eigenvalue weighted by Crippen LogP contribution is 2.08. The van der Waals surface area contributed by atoms with E-state index in [-0.39, 0.29) is 24.0 Å². The predicted molar refractivity (Wildman–Crippen MR) is 103 cm³/mol. The number of halogens is 1. The molecule has 0 aliphatic heterocycles. The smallest absolute Gasteiger partial charge is 0.191 e. The lowest BCUT2D eigenvalue weighted by molar-refractivity contribution is 0.763. The molecule has 2 N–H and O–H groups in total. The lowest BCUT2D eigenvalue weighted by Gasteiger charge is -2.12. The summed E-state index contributed by atoms with van der Waals surface area (Å²) in [6, 6.07) is 10.0. The van der Waals surface area contributed by atoms with Gasteiger partial charge in [-0.05, 0) is 18.4 Å². The van der Waals surface area contributed by atoms with Crippen LogP contribution in [0.1, 0.15) is 5.82 Å². The Morgan fingerprint density at radius 3 is 2.73 bits per heavy atom. The third-order valence-corrected chi connectivity index (χ3v) is 3.50. The molecule has 0 aliphatic rings. The van der Waals surface area contributed by atoms with Crippen LogP contribution in [0.4, 0.5) is 0 Å². The van der Waals surface area contributed by atoms with Crippen molar-refractivity contribution in [2.45, 2.75) is 6.54 Å². The average Bonchev–Trinajstić information content (AvgIpc) is 3.00. The maximum Gasteiger partial charge on any atom is 0.191 e. The van der Waals surface area contributed by atoms with E-state index in [4.69, 9.17) is 0 Å². The standard InChI is InChI=1S/C14H20N6S.HI/c1-15-14(16-8-9-21-2)17-10-13-19-18-11-20(13)12-6-4-3-5-7-12;/h3-7,11H,8-10H2,1-2H3,(H2,15,16,17);1H. The molecule has 0 amide bonds. The molecule has 0 saturated heterocycles. The molecule has 0 spiro atoms. The second kappa shape index (κ2) is 10.4. The number of guanidine groups is 1. The van der Waals surface area contributed by atoms with Crippen molar-refractivity contribution in [3.8, 4) is 5.69 Å². The molecule has 0 saturated carbocycles. The first kappa shape index (κ1) is 18.8. The number of aromatic nitrogens is 3. The summed E-state index contributed by atoms with van der Waals surface area (Å²) in [5.41, 5.74) is 1.05. The lowest BCUT2D eigenvalue weighted by Crippen LogP contribution is -2.38. The van der Waals surface area contributed by atoms with Crippen LogP contribution in [0.2, 0.25) is 0 Å². The molecular weight excluding hydrogens is 411 g/mol. The molecule has 0 aliphatic carbocycles. The van der Waals surface area contributed by atoms with E-state index >= 15 is 0 Å². The SMILES string of the molecule is CN=C(NCCSC)NCc1nncn1-c1ccccc1.I. The van der Waals surface area contributed by atoms with Crippen LogP contribution in [0.3, 0.4) is 0 Å². The van der Waals surface area contributed by atoms with Crippen LogP contribution >= 0.6 is 35.7 Å². The number of rotatable bonds is 6. The number of hydrogen-bond donors (Lipinski definition) is 2. The topological polar surface area (TPSA) is 67.1 Å². The molecule has 2 rings (SSSR count). The molecule has 0 radical (unpaired) electrons. The fourth-order valence-electron chi connectivity index (χ4n) is 1.84. The molecule has 1 aromatic carbocycles. The Kier molecular flexibility index (Phi) is 8.90. The van der Waals surface area contributed by atoms with Gasteiger partial charge in [-0.25, -0.2) is 0 Å². The van der Waals surface area contributed by atoms with E-state index in [1.807, 2.05) is 34.9 Å². The summed E-state index contributed by atoms with van der Waals surface area (Å²) in [6.45, 7) is 1.44. The van der Waals surface area contributed by atoms with E-state index in [1.165, 1.54) is 0 Å². The Morgan fingerprint density at radius 1 is 1.27 bits per heavy atom. The summed E-state index contributed by atoms with van der Waals surface area (Å²) < 4.78 is 1.96. The zero-order valence-corrected chi connectivity index (χ0v) is 15.8. The van der Waals surface area contributed by atoms with Crippen molar-refractivity contribution >= 4 is 41.7 Å². The third kappa shape index (κ3) is 5.48. The van der Waals surface area contributed by atoms with Crippen LogP contribution in [0, 0.1) is 0 Å². The number of thioether (sulfide) groups is 1. The minimum absolute atomic E-state index is 0. The molecule has 0 unspecified atom stereocenters. The predicted octanol–water partition coefficient (Wildman–Crippen LogP) is 1.91. The fraction of sp³-hybridized carbons (Fsp3) is 0.357. The van der Waals surface area contributed by atoms with E-state index in [9.17, 15) is 0 Å². The first-order valence-corrected chi connectivity index (χ1v) is 8.12. The van der Waals surface area contributed by atoms with Crippen molar-refractivity contribution in [3.63, 3.8) is 0 Å². The van der Waals surface area contributed by atoms with Gasteiger partial charge in [-0.1, -0.05) is 18.2 Å². The van der Waals surface area contributed by atoms with Crippen LogP contribution in [0.25, 0.3) is 5.69 Å². The second-order valence-corrected chi connectivity index (χ2v) is 5.28. The molecule has 2 aromatic rings. The zero-order chi connectivity index (χ0) is 14.9. The Labute approximate surface area is 152 Å². The lowest BCUT2D eigenvalue weighted by atomic mass is 10.3. The van der Waals surface area contributed by atoms with Gasteiger partial charge in [0.2, 0.25) is 0 Å². The van der Waals surface area contributed by atoms with E-state index < -0.39 is 0 Å². The van der Waals surface area contributed by atoms with Gasteiger partial charge < -0.3 is 10.6 Å². The van der Waals surface area contributed by atoms with Gasteiger partial charge in [-0.15, -0.1) is 34.2 Å². The van der Waals surface area contributed by atoms with E-state index in [0.29, 0.717) is 6.54 Å². The van der Waals surface area contributed by atoms with Crippen molar-refractivity contribution in [2.24, 2.45) is 4.99 Å². The van der Waals surface area contributed by atoms with Crippen molar-refractivity contribution in [2.75, 3.05) is 25.6 Å². The summed E-state index contributed by atoms with van der Waals surface area (Å²) >= 11 is 1.80. The van der Waals surface area contributed by atoms with E-state index in [2.05, 4.69) is 32.1 Å². The minimum Gasteiger partial charge on any atom is -0.356 e. The van der Waals surface area contributed by atoms with Crippen LogP contribution < -0.4 is 10.6 Å². The molecule has 1 heterocycles. The quantitative estimate of drug-likeness (QED) is 0.316. The molecule has 0 atom stereocenters. The minimum atomic E-state index is 0. The highest BCUT2D eigenvalue weighted by atomic mass is 127. The number of aliphatic imine (C=N–C) groups is 1. The highest BCUT2D eigenvalue weighted by molar-refractivity contribution is 14.0. The molecule has 6 nitrogen and oxygen atoms in total. The first-order chi connectivity index (χ1) is 10.3. The van der Waals surface area contributed by atoms with Crippen LogP contribution in [-0.2, 0) is 6.54 Å². The van der Waals surface area contributed by atoms with Gasteiger partial charge in [0, 0.05) is 25.0 Å². The second-order valence-electron chi connectivity index (χ2n) is 4.30. The van der Waals surface area contributed by atoms with Gasteiger partial charge in [0.05, 0.1) is 6.54 Å². The Morgan fingerprint density at radius 2 is 2.05 bits per heavy atom. The van der Waals surface area contributed by atoms with Crippen LogP contribution in [0.15, 0.2) is 41.7 Å². The maximum absolute atomic E-state index is 4.19. The summed E-state index contributed by atoms with van der Waals surface area (Å²) in [7, 11) is 1.76. The summed E-state index contributed by atoms with van der Waals surface area (Å²) in [5, 5.41) is 14.6. The zero-order valence-electron chi connectivity index (χ0n) is 12.7. The first-order valence-electron chi connectivity index (χ1n) is 6.73. The molecule has 0 bridgehead atoms. The van der Waals surface area contributed by atoms with Gasteiger partial charge in [0.1, 0.15) is 6.33 Å². The largest absolute Gasteiger partial charge is 0.356 e. The van der Waals surface area contributed by atoms with E-state index in [1.54, 1.807) is 25.1 Å². The number of nitrogens with zero attached hydrogens (tertiary/aromatic N) is 4. The third-order valence-electron chi connectivity index (χ3n) is 2.89. The van der Waals surface area contributed by atoms with Crippen molar-refractivity contribution < 1.29 is 0 Å². The number of nitrogens with one attached hydrogen (secondary N) is 2.